The number of halogens is 3. The first-order chi connectivity index (χ1) is 14.9. The van der Waals surface area contributed by atoms with E-state index in [0.717, 1.165) is 49.6 Å². The van der Waals surface area contributed by atoms with E-state index in [9.17, 15) is 18.0 Å². The van der Waals surface area contributed by atoms with Crippen LogP contribution in [0.4, 0.5) is 18.9 Å². The lowest BCUT2D eigenvalue weighted by molar-refractivity contribution is -0.137. The molecule has 4 rings (SSSR count). The van der Waals surface area contributed by atoms with Gasteiger partial charge in [0.1, 0.15) is 0 Å². The van der Waals surface area contributed by atoms with Crippen LogP contribution in [0, 0.1) is 0 Å². The van der Waals surface area contributed by atoms with Crippen LogP contribution < -0.4 is 10.5 Å². The summed E-state index contributed by atoms with van der Waals surface area (Å²) in [7, 11) is 0. The van der Waals surface area contributed by atoms with Gasteiger partial charge in [-0.15, -0.1) is 0 Å². The predicted octanol–water partition coefficient (Wildman–Crippen LogP) is 4.02. The van der Waals surface area contributed by atoms with E-state index >= 15 is 0 Å². The van der Waals surface area contributed by atoms with E-state index in [1.165, 1.54) is 18.3 Å². The molecule has 1 saturated heterocycles. The second-order valence-corrected chi connectivity index (χ2v) is 7.82. The molecule has 0 bridgehead atoms. The van der Waals surface area contributed by atoms with Crippen LogP contribution in [0.1, 0.15) is 18.4 Å². The molecule has 1 aromatic heterocycles. The van der Waals surface area contributed by atoms with Crippen LogP contribution in [0.25, 0.3) is 11.0 Å². The Hall–Kier alpha value is -2.87. The van der Waals surface area contributed by atoms with Crippen LogP contribution >= 0.6 is 0 Å². The predicted molar refractivity (Wildman–Crippen MR) is 115 cm³/mol. The van der Waals surface area contributed by atoms with Gasteiger partial charge in [0.15, 0.2) is 0 Å². The van der Waals surface area contributed by atoms with Crippen LogP contribution in [0.5, 0.6) is 0 Å². The van der Waals surface area contributed by atoms with Crippen molar-refractivity contribution in [3.63, 3.8) is 0 Å². The number of hydrogen-bond acceptors (Lipinski definition) is 4. The number of benzene rings is 2. The summed E-state index contributed by atoms with van der Waals surface area (Å²) in [6, 6.07) is 13.2. The summed E-state index contributed by atoms with van der Waals surface area (Å²) in [4.78, 5) is 20.7. The summed E-state index contributed by atoms with van der Waals surface area (Å²) < 4.78 is 40.6. The molecule has 31 heavy (non-hydrogen) atoms. The van der Waals surface area contributed by atoms with E-state index < -0.39 is 11.7 Å². The Morgan fingerprint density at radius 1 is 0.903 bits per heavy atom. The minimum Gasteiger partial charge on any atom is -0.369 e. The van der Waals surface area contributed by atoms with Gasteiger partial charge < -0.3 is 9.47 Å². The molecule has 3 aromatic rings. The van der Waals surface area contributed by atoms with Crippen molar-refractivity contribution in [1.29, 1.82) is 0 Å². The molecular weight excluding hydrogens is 405 g/mol. The largest absolute Gasteiger partial charge is 0.416 e. The monoisotopic (exact) mass is 430 g/mol. The van der Waals surface area contributed by atoms with E-state index in [4.69, 9.17) is 0 Å². The number of aryl methyl sites for hydroxylation is 1. The summed E-state index contributed by atoms with van der Waals surface area (Å²) in [6.07, 6.45) is -1.12. The number of hydrogen-bond donors (Lipinski definition) is 0. The van der Waals surface area contributed by atoms with E-state index in [0.29, 0.717) is 25.3 Å². The smallest absolute Gasteiger partial charge is 0.369 e. The first kappa shape index (κ1) is 21.4. The maximum absolute atomic E-state index is 13.0. The number of piperazine rings is 1. The molecule has 0 N–H and O–H groups in total. The quantitative estimate of drug-likeness (QED) is 0.554. The molecule has 0 radical (unpaired) electrons. The molecule has 0 amide bonds. The third-order valence-electron chi connectivity index (χ3n) is 5.77. The number of nitrogens with zero attached hydrogens (tertiary/aromatic N) is 4. The zero-order valence-corrected chi connectivity index (χ0v) is 17.2. The number of unbranched alkanes of at least 4 members (excludes halogenated alkanes) is 1. The summed E-state index contributed by atoms with van der Waals surface area (Å²) >= 11 is 0. The van der Waals surface area contributed by atoms with Crippen LogP contribution in [0.3, 0.4) is 0 Å². The second-order valence-electron chi connectivity index (χ2n) is 7.82. The Kier molecular flexibility index (Phi) is 6.27. The molecule has 0 aliphatic carbocycles. The van der Waals surface area contributed by atoms with Gasteiger partial charge in [-0.1, -0.05) is 18.2 Å². The highest BCUT2D eigenvalue weighted by atomic mass is 19.4. The van der Waals surface area contributed by atoms with E-state index in [1.54, 1.807) is 10.6 Å². The molecule has 1 aliphatic heterocycles. The third-order valence-corrected chi connectivity index (χ3v) is 5.77. The zero-order chi connectivity index (χ0) is 21.8. The number of anilines is 1. The van der Waals surface area contributed by atoms with Crippen LogP contribution in [0.15, 0.2) is 59.5 Å². The number of aromatic nitrogens is 2. The van der Waals surface area contributed by atoms with E-state index in [2.05, 4.69) is 9.88 Å². The first-order valence-electron chi connectivity index (χ1n) is 10.5. The highest BCUT2D eigenvalue weighted by Crippen LogP contribution is 2.31. The van der Waals surface area contributed by atoms with Crippen molar-refractivity contribution in [3.8, 4) is 0 Å². The number of para-hydroxylation sites is 2. The minimum atomic E-state index is -4.32. The fraction of sp³-hybridized carbons (Fsp3) is 0.391. The lowest BCUT2D eigenvalue weighted by Gasteiger charge is -2.36. The van der Waals surface area contributed by atoms with Crippen molar-refractivity contribution in [2.75, 3.05) is 37.6 Å². The van der Waals surface area contributed by atoms with E-state index in [-0.39, 0.29) is 5.56 Å². The van der Waals surface area contributed by atoms with Gasteiger partial charge in [-0.25, -0.2) is 4.98 Å². The van der Waals surface area contributed by atoms with Crippen molar-refractivity contribution in [3.05, 3.63) is 70.6 Å². The Labute approximate surface area is 178 Å². The number of fused-ring (bicyclic) bond motifs is 1. The molecule has 0 saturated carbocycles. The van der Waals surface area contributed by atoms with Crippen molar-refractivity contribution in [2.45, 2.75) is 25.6 Å². The maximum Gasteiger partial charge on any atom is 0.416 e. The average Bonchev–Trinajstić information content (AvgIpc) is 2.78. The third kappa shape index (κ3) is 5.07. The summed E-state index contributed by atoms with van der Waals surface area (Å²) in [5, 5.41) is 0. The lowest BCUT2D eigenvalue weighted by atomic mass is 10.1. The minimum absolute atomic E-state index is 0.0894. The highest BCUT2D eigenvalue weighted by molar-refractivity contribution is 5.74. The van der Waals surface area contributed by atoms with Crippen molar-refractivity contribution >= 4 is 16.7 Å². The Morgan fingerprint density at radius 3 is 2.42 bits per heavy atom. The Morgan fingerprint density at radius 2 is 1.65 bits per heavy atom. The molecule has 1 fully saturated rings. The average molecular weight is 430 g/mol. The van der Waals surface area contributed by atoms with Crippen molar-refractivity contribution in [2.24, 2.45) is 0 Å². The molecule has 0 spiro atoms. The number of rotatable bonds is 6. The fourth-order valence-corrected chi connectivity index (χ4v) is 4.06. The molecule has 0 atom stereocenters. The molecule has 5 nitrogen and oxygen atoms in total. The molecule has 164 valence electrons. The van der Waals surface area contributed by atoms with Crippen molar-refractivity contribution < 1.29 is 13.2 Å². The van der Waals surface area contributed by atoms with Crippen LogP contribution in [-0.2, 0) is 12.7 Å². The van der Waals surface area contributed by atoms with Crippen LogP contribution in [0.2, 0.25) is 0 Å². The zero-order valence-electron chi connectivity index (χ0n) is 17.2. The summed E-state index contributed by atoms with van der Waals surface area (Å²) in [5.41, 5.74) is 1.59. The van der Waals surface area contributed by atoms with Gasteiger partial charge in [0.2, 0.25) is 0 Å². The summed E-state index contributed by atoms with van der Waals surface area (Å²) in [5.74, 6) is 0. The topological polar surface area (TPSA) is 41.4 Å². The van der Waals surface area contributed by atoms with Gasteiger partial charge >= 0.3 is 6.18 Å². The lowest BCUT2D eigenvalue weighted by Crippen LogP contribution is -2.46. The Balaban J connectivity index is 1.26. The van der Waals surface area contributed by atoms with Gasteiger partial charge in [0.25, 0.3) is 5.56 Å². The maximum atomic E-state index is 13.0. The standard InChI is InChI=1S/C23H25F3N4O/c24-23(25,26)18-6-5-7-19(16-18)29-14-12-28(13-15-29)10-3-4-11-30-21-9-2-1-8-20(21)27-17-22(30)31/h1-2,5-9,16-17H,3-4,10-15H2. The van der Waals surface area contributed by atoms with Crippen molar-refractivity contribution in [1.82, 2.24) is 14.5 Å². The van der Waals surface area contributed by atoms with Gasteiger partial charge in [-0.3, -0.25) is 9.69 Å². The van der Waals surface area contributed by atoms with Crippen LogP contribution in [-0.4, -0.2) is 47.2 Å². The first-order valence-corrected chi connectivity index (χ1v) is 10.5. The fourth-order valence-electron chi connectivity index (χ4n) is 4.06. The molecule has 0 unspecified atom stereocenters. The van der Waals surface area contributed by atoms with Gasteiger partial charge in [-0.2, -0.15) is 13.2 Å². The number of alkyl halides is 3. The molecule has 2 aromatic carbocycles. The molecule has 2 heterocycles. The highest BCUT2D eigenvalue weighted by Gasteiger charge is 2.31. The second kappa shape index (κ2) is 9.09. The normalized spacial score (nSPS) is 15.5. The summed E-state index contributed by atoms with van der Waals surface area (Å²) in [6.45, 7) is 4.59. The van der Waals surface area contributed by atoms with Gasteiger partial charge in [0, 0.05) is 38.4 Å². The van der Waals surface area contributed by atoms with Gasteiger partial charge in [-0.05, 0) is 49.7 Å². The van der Waals surface area contributed by atoms with E-state index in [1.807, 2.05) is 29.2 Å². The SMILES string of the molecule is O=c1cnc2ccccc2n1CCCCN1CCN(c2cccc(C(F)(F)F)c2)CC1. The van der Waals surface area contributed by atoms with Gasteiger partial charge in [0.05, 0.1) is 22.8 Å². The molecule has 8 heteroatoms. The molecular formula is C23H25F3N4O. The molecule has 1 aliphatic rings. The Bertz CT molecular complexity index is 1090.